The number of nitrogens with zero attached hydrogens (tertiary/aromatic N) is 1. The van der Waals surface area contributed by atoms with E-state index in [4.69, 9.17) is 5.73 Å². The fraction of sp³-hybridized carbons (Fsp3) is 0.364. The highest BCUT2D eigenvalue weighted by molar-refractivity contribution is 5.82. The summed E-state index contributed by atoms with van der Waals surface area (Å²) < 4.78 is 13.1. The molecule has 0 unspecified atom stereocenters. The van der Waals surface area contributed by atoms with Crippen molar-refractivity contribution in [3.63, 3.8) is 0 Å². The number of aliphatic imine (C=N–C) groups is 1. The Balaban J connectivity index is 2.71. The van der Waals surface area contributed by atoms with Gasteiger partial charge in [-0.15, -0.1) is 0 Å². The lowest BCUT2D eigenvalue weighted by Gasteiger charge is -2.04. The minimum atomic E-state index is -0.229. The molecule has 0 aliphatic heterocycles. The second kappa shape index (κ2) is 4.74. The van der Waals surface area contributed by atoms with Gasteiger partial charge in [-0.1, -0.05) is 32.0 Å². The number of hydrogen-bond donors (Lipinski definition) is 1. The predicted molar refractivity (Wildman–Crippen MR) is 56.6 cm³/mol. The number of halogens is 1. The van der Waals surface area contributed by atoms with Crippen LogP contribution in [0.3, 0.4) is 0 Å². The first-order chi connectivity index (χ1) is 6.61. The lowest BCUT2D eigenvalue weighted by molar-refractivity contribution is 0.610. The van der Waals surface area contributed by atoms with Crippen LogP contribution in [0.1, 0.15) is 19.4 Å². The summed E-state index contributed by atoms with van der Waals surface area (Å²) in [6.07, 6.45) is 0. The van der Waals surface area contributed by atoms with Gasteiger partial charge in [0, 0.05) is 11.5 Å². The smallest absolute Gasteiger partial charge is 0.128 e. The molecule has 0 aromatic heterocycles. The molecule has 0 saturated heterocycles. The average molecular weight is 194 g/mol. The van der Waals surface area contributed by atoms with Gasteiger partial charge in [-0.05, 0) is 6.07 Å². The molecule has 1 rings (SSSR count). The van der Waals surface area contributed by atoms with Crippen LogP contribution in [0, 0.1) is 11.7 Å². The number of hydrogen-bond acceptors (Lipinski definition) is 1. The summed E-state index contributed by atoms with van der Waals surface area (Å²) in [6.45, 7) is 4.23. The largest absolute Gasteiger partial charge is 0.387 e. The molecule has 0 aliphatic carbocycles. The van der Waals surface area contributed by atoms with E-state index in [1.807, 2.05) is 13.8 Å². The Morgan fingerprint density at radius 3 is 2.64 bits per heavy atom. The highest BCUT2D eigenvalue weighted by Crippen LogP contribution is 2.07. The summed E-state index contributed by atoms with van der Waals surface area (Å²) in [4.78, 5) is 4.11. The molecule has 14 heavy (non-hydrogen) atoms. The van der Waals surface area contributed by atoms with Crippen molar-refractivity contribution in [2.75, 3.05) is 0 Å². The molecule has 0 aliphatic rings. The van der Waals surface area contributed by atoms with Gasteiger partial charge in [0.05, 0.1) is 12.4 Å². The summed E-state index contributed by atoms with van der Waals surface area (Å²) in [5.41, 5.74) is 6.22. The van der Waals surface area contributed by atoms with Crippen molar-refractivity contribution in [2.45, 2.75) is 20.4 Å². The van der Waals surface area contributed by atoms with Gasteiger partial charge in [0.15, 0.2) is 0 Å². The van der Waals surface area contributed by atoms with Crippen LogP contribution in [0.4, 0.5) is 4.39 Å². The fourth-order valence-corrected chi connectivity index (χ4v) is 0.986. The van der Waals surface area contributed by atoms with Crippen LogP contribution in [-0.4, -0.2) is 5.84 Å². The zero-order chi connectivity index (χ0) is 10.6. The number of benzene rings is 1. The number of nitrogens with two attached hydrogens (primary N) is 1. The summed E-state index contributed by atoms with van der Waals surface area (Å²) in [5.74, 6) is 0.544. The van der Waals surface area contributed by atoms with Crippen molar-refractivity contribution >= 4 is 5.84 Å². The van der Waals surface area contributed by atoms with E-state index in [0.717, 1.165) is 0 Å². The van der Waals surface area contributed by atoms with E-state index in [0.29, 0.717) is 17.9 Å². The van der Waals surface area contributed by atoms with Crippen LogP contribution in [-0.2, 0) is 6.54 Å². The van der Waals surface area contributed by atoms with Crippen molar-refractivity contribution in [3.05, 3.63) is 35.6 Å². The zero-order valence-corrected chi connectivity index (χ0v) is 8.50. The predicted octanol–water partition coefficient (Wildman–Crippen LogP) is 2.34. The monoisotopic (exact) mass is 194 g/mol. The molecule has 0 spiro atoms. The molecule has 3 heteroatoms. The van der Waals surface area contributed by atoms with Gasteiger partial charge in [-0.2, -0.15) is 0 Å². The van der Waals surface area contributed by atoms with Crippen molar-refractivity contribution in [2.24, 2.45) is 16.6 Å². The minimum Gasteiger partial charge on any atom is -0.387 e. The summed E-state index contributed by atoms with van der Waals surface area (Å²) >= 11 is 0. The minimum absolute atomic E-state index is 0.210. The molecule has 0 atom stereocenters. The summed E-state index contributed by atoms with van der Waals surface area (Å²) in [7, 11) is 0. The molecule has 1 aromatic carbocycles. The molecule has 2 nitrogen and oxygen atoms in total. The SMILES string of the molecule is CC(C)C(N)=NCc1ccccc1F. The van der Waals surface area contributed by atoms with Gasteiger partial charge in [0.1, 0.15) is 5.82 Å². The van der Waals surface area contributed by atoms with Crippen LogP contribution in [0.2, 0.25) is 0 Å². The van der Waals surface area contributed by atoms with Gasteiger partial charge in [-0.25, -0.2) is 4.39 Å². The third kappa shape index (κ3) is 2.83. The first-order valence-electron chi connectivity index (χ1n) is 4.64. The molecule has 1 aromatic rings. The van der Waals surface area contributed by atoms with Crippen molar-refractivity contribution in [3.8, 4) is 0 Å². The maximum atomic E-state index is 13.1. The third-order valence-electron chi connectivity index (χ3n) is 1.98. The van der Waals surface area contributed by atoms with Crippen LogP contribution >= 0.6 is 0 Å². The zero-order valence-electron chi connectivity index (χ0n) is 8.50. The van der Waals surface area contributed by atoms with E-state index < -0.39 is 0 Å². The lowest BCUT2D eigenvalue weighted by Crippen LogP contribution is -2.18. The molecular weight excluding hydrogens is 179 g/mol. The second-order valence-corrected chi connectivity index (χ2v) is 3.49. The maximum Gasteiger partial charge on any atom is 0.128 e. The van der Waals surface area contributed by atoms with E-state index in [1.165, 1.54) is 6.07 Å². The van der Waals surface area contributed by atoms with E-state index in [2.05, 4.69) is 4.99 Å². The summed E-state index contributed by atoms with van der Waals surface area (Å²) in [6, 6.07) is 6.59. The third-order valence-corrected chi connectivity index (χ3v) is 1.98. The Hall–Kier alpha value is -1.38. The van der Waals surface area contributed by atoms with Crippen molar-refractivity contribution in [1.29, 1.82) is 0 Å². The topological polar surface area (TPSA) is 38.4 Å². The summed E-state index contributed by atoms with van der Waals surface area (Å²) in [5, 5.41) is 0. The molecular formula is C11H15FN2. The van der Waals surface area contributed by atoms with E-state index >= 15 is 0 Å². The maximum absolute atomic E-state index is 13.1. The van der Waals surface area contributed by atoms with E-state index in [-0.39, 0.29) is 11.7 Å². The number of amidine groups is 1. The Bertz CT molecular complexity index is 332. The Morgan fingerprint density at radius 1 is 1.43 bits per heavy atom. The molecule has 2 N–H and O–H groups in total. The van der Waals surface area contributed by atoms with Crippen LogP contribution in [0.5, 0.6) is 0 Å². The first-order valence-corrected chi connectivity index (χ1v) is 4.64. The van der Waals surface area contributed by atoms with Crippen LogP contribution in [0.15, 0.2) is 29.3 Å². The van der Waals surface area contributed by atoms with E-state index in [1.54, 1.807) is 18.2 Å². The molecule has 0 bridgehead atoms. The standard InChI is InChI=1S/C11H15FN2/c1-8(2)11(13)14-7-9-5-3-4-6-10(9)12/h3-6,8H,7H2,1-2H3,(H2,13,14). The highest BCUT2D eigenvalue weighted by atomic mass is 19.1. The van der Waals surface area contributed by atoms with Gasteiger partial charge < -0.3 is 5.73 Å². The molecule has 0 saturated carbocycles. The normalized spacial score (nSPS) is 12.1. The Kier molecular flexibility index (Phi) is 3.63. The number of rotatable bonds is 3. The molecule has 0 amide bonds. The molecule has 0 heterocycles. The molecule has 0 fully saturated rings. The Labute approximate surface area is 83.7 Å². The fourth-order valence-electron chi connectivity index (χ4n) is 0.986. The Morgan fingerprint density at radius 2 is 2.07 bits per heavy atom. The molecule has 0 radical (unpaired) electrons. The van der Waals surface area contributed by atoms with Gasteiger partial charge >= 0.3 is 0 Å². The highest BCUT2D eigenvalue weighted by Gasteiger charge is 2.01. The quantitative estimate of drug-likeness (QED) is 0.582. The molecule has 76 valence electrons. The van der Waals surface area contributed by atoms with Crippen LogP contribution in [0.25, 0.3) is 0 Å². The van der Waals surface area contributed by atoms with Gasteiger partial charge in [-0.3, -0.25) is 4.99 Å². The first kappa shape index (κ1) is 10.7. The van der Waals surface area contributed by atoms with Gasteiger partial charge in [0.2, 0.25) is 0 Å². The average Bonchev–Trinajstić information content (AvgIpc) is 2.16. The lowest BCUT2D eigenvalue weighted by atomic mass is 10.2. The van der Waals surface area contributed by atoms with E-state index in [9.17, 15) is 4.39 Å². The van der Waals surface area contributed by atoms with Crippen molar-refractivity contribution in [1.82, 2.24) is 0 Å². The van der Waals surface area contributed by atoms with Crippen molar-refractivity contribution < 1.29 is 4.39 Å². The van der Waals surface area contributed by atoms with Crippen LogP contribution < -0.4 is 5.73 Å². The second-order valence-electron chi connectivity index (χ2n) is 3.49. The van der Waals surface area contributed by atoms with Gasteiger partial charge in [0.25, 0.3) is 0 Å².